The monoisotopic (exact) mass is 432 g/mol. The molecule has 0 aliphatic carbocycles. The van der Waals surface area contributed by atoms with Crippen molar-refractivity contribution >= 4 is 23.4 Å². The summed E-state index contributed by atoms with van der Waals surface area (Å²) in [5, 5.41) is 2.70. The van der Waals surface area contributed by atoms with Crippen LogP contribution < -0.4 is 10.9 Å². The van der Waals surface area contributed by atoms with Crippen LogP contribution in [0.3, 0.4) is 0 Å². The van der Waals surface area contributed by atoms with E-state index >= 15 is 0 Å². The number of hydrogen-bond donors (Lipinski definition) is 1. The van der Waals surface area contributed by atoms with Crippen LogP contribution in [0.4, 0.5) is 5.69 Å². The van der Waals surface area contributed by atoms with Crippen molar-refractivity contribution in [2.45, 2.75) is 26.8 Å². The first kappa shape index (κ1) is 21.3. The van der Waals surface area contributed by atoms with Crippen LogP contribution in [0, 0.1) is 12.8 Å². The molecule has 8 heteroatoms. The van der Waals surface area contributed by atoms with Gasteiger partial charge in [0.05, 0.1) is 22.5 Å². The molecule has 2 heterocycles. The number of fused-ring (bicyclic) bond motifs is 1. The van der Waals surface area contributed by atoms with Crippen LogP contribution in [0.15, 0.2) is 59.4 Å². The van der Waals surface area contributed by atoms with E-state index in [2.05, 4.69) is 5.32 Å². The normalized spacial score (nSPS) is 14.1. The molecule has 0 fully saturated rings. The summed E-state index contributed by atoms with van der Waals surface area (Å²) in [5.41, 5.74) is 1.48. The first-order chi connectivity index (χ1) is 15.2. The van der Waals surface area contributed by atoms with Crippen molar-refractivity contribution in [1.29, 1.82) is 0 Å². The molecule has 1 atom stereocenters. The quantitative estimate of drug-likeness (QED) is 0.628. The predicted octanol–water partition coefficient (Wildman–Crippen LogP) is 2.74. The summed E-state index contributed by atoms with van der Waals surface area (Å²) >= 11 is 0. The molecule has 1 aliphatic heterocycles. The summed E-state index contributed by atoms with van der Waals surface area (Å²) in [7, 11) is 1.73. The predicted molar refractivity (Wildman–Crippen MR) is 120 cm³/mol. The molecule has 2 aromatic carbocycles. The number of nitrogens with one attached hydrogen (secondary N) is 1. The van der Waals surface area contributed by atoms with Crippen LogP contribution in [0.2, 0.25) is 0 Å². The molecule has 0 spiro atoms. The number of nitrogens with zero attached hydrogens (tertiary/aromatic N) is 3. The minimum Gasteiger partial charge on any atom is -0.318 e. The molecule has 1 N–H and O–H groups in total. The summed E-state index contributed by atoms with van der Waals surface area (Å²) in [6.07, 6.45) is 0. The summed E-state index contributed by atoms with van der Waals surface area (Å²) in [4.78, 5) is 53.4. The third-order valence-electron chi connectivity index (χ3n) is 5.81. The summed E-state index contributed by atoms with van der Waals surface area (Å²) in [6, 6.07) is 14.5. The minimum absolute atomic E-state index is 0.114. The molecule has 0 saturated heterocycles. The molecule has 164 valence electrons. The molecule has 4 rings (SSSR count). The average molecular weight is 432 g/mol. The molecule has 3 aromatic rings. The second kappa shape index (κ2) is 7.96. The number of imide groups is 1. The van der Waals surface area contributed by atoms with E-state index in [-0.39, 0.29) is 22.7 Å². The van der Waals surface area contributed by atoms with Gasteiger partial charge in [-0.1, -0.05) is 44.2 Å². The standard InChI is InChI=1S/C24H24N4O4/c1-14(2)20(27-22(30)17-12-8-9-13-18(17)23(27)31)21(29)25-19-15(3)26(4)28(24(19)32)16-10-6-5-7-11-16/h5-14,20H,1-4H3,(H,25,29). The summed E-state index contributed by atoms with van der Waals surface area (Å²) in [6.45, 7) is 5.24. The van der Waals surface area contributed by atoms with E-state index in [1.54, 1.807) is 68.9 Å². The van der Waals surface area contributed by atoms with Crippen LogP contribution in [0.5, 0.6) is 0 Å². The van der Waals surface area contributed by atoms with Crippen molar-refractivity contribution < 1.29 is 14.4 Å². The Morgan fingerprint density at radius 1 is 0.875 bits per heavy atom. The van der Waals surface area contributed by atoms with Gasteiger partial charge in [0.15, 0.2) is 0 Å². The zero-order chi connectivity index (χ0) is 23.2. The van der Waals surface area contributed by atoms with Gasteiger partial charge in [-0.25, -0.2) is 4.68 Å². The second-order valence-electron chi connectivity index (χ2n) is 8.14. The van der Waals surface area contributed by atoms with Crippen molar-refractivity contribution in [1.82, 2.24) is 14.3 Å². The minimum atomic E-state index is -1.06. The van der Waals surface area contributed by atoms with Crippen LogP contribution in [0.25, 0.3) is 5.69 Å². The molecular formula is C24H24N4O4. The Balaban J connectivity index is 1.70. The number of aromatic nitrogens is 2. The number of anilines is 1. The fourth-order valence-corrected chi connectivity index (χ4v) is 4.09. The maximum Gasteiger partial charge on any atom is 0.295 e. The van der Waals surface area contributed by atoms with Crippen LogP contribution >= 0.6 is 0 Å². The van der Waals surface area contributed by atoms with Crippen LogP contribution in [0.1, 0.15) is 40.3 Å². The Morgan fingerprint density at radius 3 is 1.94 bits per heavy atom. The number of para-hydroxylation sites is 1. The van der Waals surface area contributed by atoms with Crippen molar-refractivity contribution in [3.8, 4) is 5.69 Å². The van der Waals surface area contributed by atoms with Gasteiger partial charge in [-0.2, -0.15) is 0 Å². The maximum absolute atomic E-state index is 13.3. The molecule has 0 saturated carbocycles. The van der Waals surface area contributed by atoms with Crippen molar-refractivity contribution in [2.24, 2.45) is 13.0 Å². The number of carbonyl (C=O) groups is 3. The average Bonchev–Trinajstić information content (AvgIpc) is 3.14. The summed E-state index contributed by atoms with van der Waals surface area (Å²) < 4.78 is 3.11. The van der Waals surface area contributed by atoms with E-state index in [9.17, 15) is 19.2 Å². The Morgan fingerprint density at radius 2 is 1.41 bits per heavy atom. The van der Waals surface area contributed by atoms with E-state index in [1.807, 2.05) is 18.2 Å². The van der Waals surface area contributed by atoms with Crippen molar-refractivity contribution in [3.63, 3.8) is 0 Å². The Labute approximate surface area is 185 Å². The Bertz CT molecular complexity index is 1250. The van der Waals surface area contributed by atoms with Crippen molar-refractivity contribution in [3.05, 3.63) is 81.8 Å². The van der Waals surface area contributed by atoms with Gasteiger partial charge < -0.3 is 5.32 Å². The van der Waals surface area contributed by atoms with Gasteiger partial charge in [0, 0.05) is 7.05 Å². The fraction of sp³-hybridized carbons (Fsp3) is 0.250. The first-order valence-electron chi connectivity index (χ1n) is 10.4. The molecule has 0 radical (unpaired) electrons. The molecule has 1 aromatic heterocycles. The number of benzene rings is 2. The molecule has 0 bridgehead atoms. The summed E-state index contributed by atoms with van der Waals surface area (Å²) in [5.74, 6) is -1.96. The first-order valence-corrected chi connectivity index (χ1v) is 10.4. The highest BCUT2D eigenvalue weighted by Crippen LogP contribution is 2.28. The Hall–Kier alpha value is -3.94. The number of carbonyl (C=O) groups excluding carboxylic acids is 3. The zero-order valence-electron chi connectivity index (χ0n) is 18.3. The smallest absolute Gasteiger partial charge is 0.295 e. The fourth-order valence-electron chi connectivity index (χ4n) is 4.09. The number of rotatable bonds is 5. The highest BCUT2D eigenvalue weighted by atomic mass is 16.2. The highest BCUT2D eigenvalue weighted by Gasteiger charge is 2.44. The molecule has 1 aliphatic rings. The van der Waals surface area contributed by atoms with E-state index in [1.165, 1.54) is 4.68 Å². The largest absolute Gasteiger partial charge is 0.318 e. The van der Waals surface area contributed by atoms with E-state index < -0.39 is 29.3 Å². The molecular weight excluding hydrogens is 408 g/mol. The lowest BCUT2D eigenvalue weighted by molar-refractivity contribution is -0.121. The lowest BCUT2D eigenvalue weighted by Gasteiger charge is -2.28. The van der Waals surface area contributed by atoms with Crippen LogP contribution in [-0.2, 0) is 11.8 Å². The Kier molecular flexibility index (Phi) is 5.30. The lowest BCUT2D eigenvalue weighted by atomic mass is 10.0. The van der Waals surface area contributed by atoms with Crippen LogP contribution in [-0.4, -0.2) is 38.0 Å². The van der Waals surface area contributed by atoms with Gasteiger partial charge in [0.25, 0.3) is 17.4 Å². The second-order valence-corrected chi connectivity index (χ2v) is 8.14. The van der Waals surface area contributed by atoms with E-state index in [0.29, 0.717) is 11.4 Å². The molecule has 3 amide bonds. The number of hydrogen-bond acceptors (Lipinski definition) is 4. The highest BCUT2D eigenvalue weighted by molar-refractivity contribution is 6.23. The zero-order valence-corrected chi connectivity index (χ0v) is 18.3. The third kappa shape index (κ3) is 3.24. The molecule has 32 heavy (non-hydrogen) atoms. The van der Waals surface area contributed by atoms with E-state index in [4.69, 9.17) is 0 Å². The van der Waals surface area contributed by atoms with Gasteiger partial charge in [-0.15, -0.1) is 0 Å². The number of amides is 3. The van der Waals surface area contributed by atoms with Gasteiger partial charge in [-0.05, 0) is 37.1 Å². The van der Waals surface area contributed by atoms with Gasteiger partial charge in [0.1, 0.15) is 11.7 Å². The van der Waals surface area contributed by atoms with Gasteiger partial charge in [0.2, 0.25) is 5.91 Å². The van der Waals surface area contributed by atoms with Gasteiger partial charge in [-0.3, -0.25) is 28.8 Å². The SMILES string of the molecule is Cc1c(NC(=O)C(C(C)C)N2C(=O)c3ccccc3C2=O)c(=O)n(-c2ccccc2)n1C. The topological polar surface area (TPSA) is 93.4 Å². The maximum atomic E-state index is 13.3. The molecule has 8 nitrogen and oxygen atoms in total. The van der Waals surface area contributed by atoms with Crippen molar-refractivity contribution in [2.75, 3.05) is 5.32 Å². The molecule has 1 unspecified atom stereocenters. The lowest BCUT2D eigenvalue weighted by Crippen LogP contribution is -2.50. The van der Waals surface area contributed by atoms with Gasteiger partial charge >= 0.3 is 0 Å². The van der Waals surface area contributed by atoms with E-state index in [0.717, 1.165) is 4.90 Å². The third-order valence-corrected chi connectivity index (χ3v) is 5.81.